The monoisotopic (exact) mass is 251 g/mol. The Morgan fingerprint density at radius 3 is 2.94 bits per heavy atom. The first-order valence-corrected chi connectivity index (χ1v) is 5.19. The SMILES string of the molecule is COc1cccc(-n2ncc(N)c(Cl)c2=O)c1. The van der Waals surface area contributed by atoms with Crippen LogP contribution in [0.5, 0.6) is 5.75 Å². The van der Waals surface area contributed by atoms with Gasteiger partial charge in [0.1, 0.15) is 10.8 Å². The number of nitrogens with two attached hydrogens (primary N) is 1. The molecule has 0 aliphatic carbocycles. The van der Waals surface area contributed by atoms with E-state index >= 15 is 0 Å². The zero-order chi connectivity index (χ0) is 12.4. The lowest BCUT2D eigenvalue weighted by Crippen LogP contribution is -2.22. The minimum absolute atomic E-state index is 0.0391. The molecule has 0 unspecified atom stereocenters. The second kappa shape index (κ2) is 4.47. The summed E-state index contributed by atoms with van der Waals surface area (Å²) in [6, 6.07) is 6.93. The van der Waals surface area contributed by atoms with E-state index in [-0.39, 0.29) is 10.7 Å². The van der Waals surface area contributed by atoms with Gasteiger partial charge in [0.15, 0.2) is 0 Å². The van der Waals surface area contributed by atoms with Gasteiger partial charge in [0, 0.05) is 6.07 Å². The Morgan fingerprint density at radius 2 is 2.24 bits per heavy atom. The van der Waals surface area contributed by atoms with Crippen LogP contribution in [0, 0.1) is 0 Å². The zero-order valence-corrected chi connectivity index (χ0v) is 9.81. The van der Waals surface area contributed by atoms with Crippen molar-refractivity contribution < 1.29 is 4.74 Å². The molecule has 0 saturated heterocycles. The highest BCUT2D eigenvalue weighted by Crippen LogP contribution is 2.16. The number of halogens is 1. The van der Waals surface area contributed by atoms with E-state index < -0.39 is 5.56 Å². The Labute approximate surface area is 102 Å². The van der Waals surface area contributed by atoms with Gasteiger partial charge in [-0.1, -0.05) is 17.7 Å². The van der Waals surface area contributed by atoms with Crippen molar-refractivity contribution in [3.8, 4) is 11.4 Å². The lowest BCUT2D eigenvalue weighted by Gasteiger charge is -2.07. The molecule has 2 rings (SSSR count). The Hall–Kier alpha value is -2.01. The second-order valence-corrected chi connectivity index (χ2v) is 3.71. The fraction of sp³-hybridized carbons (Fsp3) is 0.0909. The van der Waals surface area contributed by atoms with Gasteiger partial charge >= 0.3 is 0 Å². The van der Waals surface area contributed by atoms with Crippen molar-refractivity contribution in [2.24, 2.45) is 0 Å². The van der Waals surface area contributed by atoms with Crippen LogP contribution in [0.3, 0.4) is 0 Å². The topological polar surface area (TPSA) is 70.1 Å². The molecule has 0 bridgehead atoms. The molecule has 0 atom stereocenters. The van der Waals surface area contributed by atoms with Crippen LogP contribution in [-0.2, 0) is 0 Å². The Morgan fingerprint density at radius 1 is 1.47 bits per heavy atom. The highest BCUT2D eigenvalue weighted by atomic mass is 35.5. The number of aromatic nitrogens is 2. The summed E-state index contributed by atoms with van der Waals surface area (Å²) in [6.07, 6.45) is 1.34. The van der Waals surface area contributed by atoms with Gasteiger partial charge in [-0.15, -0.1) is 0 Å². The molecule has 1 aromatic carbocycles. The number of nitrogens with zero attached hydrogens (tertiary/aromatic N) is 2. The first-order chi connectivity index (χ1) is 8.13. The van der Waals surface area contributed by atoms with Crippen molar-refractivity contribution in [3.05, 3.63) is 45.8 Å². The summed E-state index contributed by atoms with van der Waals surface area (Å²) >= 11 is 5.78. The third kappa shape index (κ3) is 2.09. The van der Waals surface area contributed by atoms with Crippen molar-refractivity contribution in [2.75, 3.05) is 12.8 Å². The lowest BCUT2D eigenvalue weighted by molar-refractivity contribution is 0.414. The number of nitrogen functional groups attached to an aromatic ring is 1. The molecule has 2 aromatic rings. The first kappa shape index (κ1) is 11.5. The van der Waals surface area contributed by atoms with E-state index in [4.69, 9.17) is 22.1 Å². The molecule has 0 radical (unpaired) electrons. The number of hydrogen-bond acceptors (Lipinski definition) is 4. The van der Waals surface area contributed by atoms with Gasteiger partial charge < -0.3 is 10.5 Å². The van der Waals surface area contributed by atoms with Gasteiger partial charge in [0.05, 0.1) is 24.7 Å². The molecule has 88 valence electrons. The number of hydrogen-bond donors (Lipinski definition) is 1. The van der Waals surface area contributed by atoms with Gasteiger partial charge in [-0.05, 0) is 12.1 Å². The van der Waals surface area contributed by atoms with Crippen molar-refractivity contribution in [2.45, 2.75) is 0 Å². The van der Waals surface area contributed by atoms with Crippen LogP contribution < -0.4 is 16.0 Å². The second-order valence-electron chi connectivity index (χ2n) is 3.33. The van der Waals surface area contributed by atoms with E-state index in [0.717, 1.165) is 0 Å². The Bertz CT molecular complexity index is 610. The molecule has 0 aliphatic heterocycles. The van der Waals surface area contributed by atoms with Gasteiger partial charge in [-0.25, -0.2) is 0 Å². The molecule has 0 amide bonds. The third-order valence-corrected chi connectivity index (χ3v) is 2.62. The maximum Gasteiger partial charge on any atom is 0.292 e. The van der Waals surface area contributed by atoms with Crippen LogP contribution in [0.15, 0.2) is 35.3 Å². The van der Waals surface area contributed by atoms with Crippen LogP contribution >= 0.6 is 11.6 Å². The minimum Gasteiger partial charge on any atom is -0.497 e. The Kier molecular flexibility index (Phi) is 3.01. The van der Waals surface area contributed by atoms with E-state index in [2.05, 4.69) is 5.10 Å². The first-order valence-electron chi connectivity index (χ1n) is 4.81. The molecule has 1 heterocycles. The van der Waals surface area contributed by atoms with E-state index in [9.17, 15) is 4.79 Å². The van der Waals surface area contributed by atoms with Crippen LogP contribution in [0.25, 0.3) is 5.69 Å². The molecular weight excluding hydrogens is 242 g/mol. The molecule has 5 nitrogen and oxygen atoms in total. The maximum atomic E-state index is 11.8. The average molecular weight is 252 g/mol. The lowest BCUT2D eigenvalue weighted by atomic mass is 10.3. The normalized spacial score (nSPS) is 10.2. The van der Waals surface area contributed by atoms with Gasteiger partial charge in [-0.2, -0.15) is 9.78 Å². The molecule has 2 N–H and O–H groups in total. The summed E-state index contributed by atoms with van der Waals surface area (Å²) in [5, 5.41) is 3.88. The third-order valence-electron chi connectivity index (χ3n) is 2.24. The quantitative estimate of drug-likeness (QED) is 0.878. The van der Waals surface area contributed by atoms with E-state index in [1.807, 2.05) is 0 Å². The fourth-order valence-corrected chi connectivity index (χ4v) is 1.50. The smallest absolute Gasteiger partial charge is 0.292 e. The van der Waals surface area contributed by atoms with E-state index in [1.54, 1.807) is 31.4 Å². The zero-order valence-electron chi connectivity index (χ0n) is 9.05. The molecule has 6 heteroatoms. The average Bonchev–Trinajstić information content (AvgIpc) is 2.36. The highest BCUT2D eigenvalue weighted by Gasteiger charge is 2.08. The maximum absolute atomic E-state index is 11.8. The number of methoxy groups -OCH3 is 1. The molecular formula is C11H10ClN3O2. The number of rotatable bonds is 2. The van der Waals surface area contributed by atoms with E-state index in [0.29, 0.717) is 11.4 Å². The number of ether oxygens (including phenoxy) is 1. The van der Waals surface area contributed by atoms with Crippen LogP contribution in [0.4, 0.5) is 5.69 Å². The van der Waals surface area contributed by atoms with E-state index in [1.165, 1.54) is 10.9 Å². The van der Waals surface area contributed by atoms with Crippen LogP contribution in [0.1, 0.15) is 0 Å². The molecule has 0 saturated carbocycles. The summed E-state index contributed by atoms with van der Waals surface area (Å²) in [6.45, 7) is 0. The molecule has 17 heavy (non-hydrogen) atoms. The molecule has 1 aromatic heterocycles. The van der Waals surface area contributed by atoms with Gasteiger partial charge in [0.25, 0.3) is 5.56 Å². The van der Waals surface area contributed by atoms with Gasteiger partial charge in [-0.3, -0.25) is 4.79 Å². The van der Waals surface area contributed by atoms with Gasteiger partial charge in [0.2, 0.25) is 0 Å². The van der Waals surface area contributed by atoms with Crippen LogP contribution in [-0.4, -0.2) is 16.9 Å². The number of benzene rings is 1. The van der Waals surface area contributed by atoms with Crippen molar-refractivity contribution >= 4 is 17.3 Å². The standard InChI is InChI=1S/C11H10ClN3O2/c1-17-8-4-2-3-7(5-8)15-11(16)10(12)9(13)6-14-15/h2-6H,13H2,1H3. The predicted octanol–water partition coefficient (Wildman–Crippen LogP) is 1.48. The summed E-state index contributed by atoms with van der Waals surface area (Å²) in [4.78, 5) is 11.8. The summed E-state index contributed by atoms with van der Waals surface area (Å²) < 4.78 is 6.24. The van der Waals surface area contributed by atoms with Crippen LogP contribution in [0.2, 0.25) is 5.02 Å². The molecule has 0 fully saturated rings. The van der Waals surface area contributed by atoms with Crippen molar-refractivity contribution in [1.82, 2.24) is 9.78 Å². The Balaban J connectivity index is 2.61. The van der Waals surface area contributed by atoms with Crippen molar-refractivity contribution in [3.63, 3.8) is 0 Å². The largest absolute Gasteiger partial charge is 0.497 e. The predicted molar refractivity (Wildman–Crippen MR) is 65.8 cm³/mol. The fourth-order valence-electron chi connectivity index (χ4n) is 1.37. The molecule has 0 spiro atoms. The number of anilines is 1. The minimum atomic E-state index is -0.458. The summed E-state index contributed by atoms with van der Waals surface area (Å²) in [7, 11) is 1.55. The highest BCUT2D eigenvalue weighted by molar-refractivity contribution is 6.32. The summed E-state index contributed by atoms with van der Waals surface area (Å²) in [5.41, 5.74) is 5.76. The summed E-state index contributed by atoms with van der Waals surface area (Å²) in [5.74, 6) is 0.629. The van der Waals surface area contributed by atoms with Crippen molar-refractivity contribution in [1.29, 1.82) is 0 Å². The molecule has 0 aliphatic rings.